The van der Waals surface area contributed by atoms with Crippen LogP contribution in [0.4, 0.5) is 5.69 Å². The van der Waals surface area contributed by atoms with E-state index in [1.807, 2.05) is 17.0 Å². The highest BCUT2D eigenvalue weighted by atomic mass is 32.2. The fourth-order valence-corrected chi connectivity index (χ4v) is 5.46. The van der Waals surface area contributed by atoms with E-state index in [9.17, 15) is 18.0 Å². The molecular formula is C23H27N3O4S. The maximum atomic E-state index is 13.4. The summed E-state index contributed by atoms with van der Waals surface area (Å²) in [5.74, 6) is -0.427. The zero-order chi connectivity index (χ0) is 22.2. The van der Waals surface area contributed by atoms with Gasteiger partial charge < -0.3 is 10.2 Å². The van der Waals surface area contributed by atoms with E-state index in [0.29, 0.717) is 5.69 Å². The summed E-state index contributed by atoms with van der Waals surface area (Å²) in [7, 11) is -3.88. The third-order valence-corrected chi connectivity index (χ3v) is 7.38. The summed E-state index contributed by atoms with van der Waals surface area (Å²) >= 11 is 0. The predicted molar refractivity (Wildman–Crippen MR) is 118 cm³/mol. The first-order valence-corrected chi connectivity index (χ1v) is 12.0. The molecule has 0 aromatic heterocycles. The molecule has 0 spiro atoms. The monoisotopic (exact) mass is 441 g/mol. The van der Waals surface area contributed by atoms with Crippen LogP contribution in [-0.4, -0.2) is 37.2 Å². The highest BCUT2D eigenvalue weighted by Gasteiger charge is 2.42. The molecule has 2 aliphatic rings. The Morgan fingerprint density at radius 3 is 2.35 bits per heavy atom. The number of anilines is 1. The first kappa shape index (κ1) is 21.5. The minimum Gasteiger partial charge on any atom is -0.331 e. The number of benzene rings is 2. The van der Waals surface area contributed by atoms with Gasteiger partial charge in [-0.2, -0.15) is 4.72 Å². The fourth-order valence-electron chi connectivity index (χ4n) is 4.26. The molecule has 164 valence electrons. The molecule has 2 aromatic rings. The summed E-state index contributed by atoms with van der Waals surface area (Å²) in [6.45, 7) is 2.98. The number of hydrogen-bond acceptors (Lipinski definition) is 4. The van der Waals surface area contributed by atoms with Crippen molar-refractivity contribution >= 4 is 27.5 Å². The highest BCUT2D eigenvalue weighted by molar-refractivity contribution is 7.89. The Balaban J connectivity index is 1.50. The second-order valence-electron chi connectivity index (χ2n) is 8.28. The number of sulfonamides is 1. The molecular weight excluding hydrogens is 414 g/mol. The molecule has 0 saturated heterocycles. The van der Waals surface area contributed by atoms with E-state index in [2.05, 4.69) is 22.2 Å². The number of nitrogens with one attached hydrogen (secondary N) is 2. The van der Waals surface area contributed by atoms with Gasteiger partial charge in [-0.05, 0) is 68.0 Å². The molecule has 1 saturated carbocycles. The first-order chi connectivity index (χ1) is 14.8. The Morgan fingerprint density at radius 2 is 1.71 bits per heavy atom. The van der Waals surface area contributed by atoms with Crippen molar-refractivity contribution < 1.29 is 18.0 Å². The van der Waals surface area contributed by atoms with Gasteiger partial charge >= 0.3 is 0 Å². The maximum Gasteiger partial charge on any atom is 0.241 e. The smallest absolute Gasteiger partial charge is 0.241 e. The molecule has 0 heterocycles. The molecule has 2 aliphatic carbocycles. The van der Waals surface area contributed by atoms with Crippen LogP contribution in [0.25, 0.3) is 0 Å². The van der Waals surface area contributed by atoms with Gasteiger partial charge in [0.2, 0.25) is 21.8 Å². The van der Waals surface area contributed by atoms with Crippen LogP contribution in [0.2, 0.25) is 0 Å². The Morgan fingerprint density at radius 1 is 1.03 bits per heavy atom. The average molecular weight is 442 g/mol. The van der Waals surface area contributed by atoms with Gasteiger partial charge in [0, 0.05) is 18.7 Å². The average Bonchev–Trinajstić information content (AvgIpc) is 3.47. The van der Waals surface area contributed by atoms with Crippen LogP contribution in [0, 0.1) is 0 Å². The van der Waals surface area contributed by atoms with Crippen molar-refractivity contribution in [3.8, 4) is 0 Å². The highest BCUT2D eigenvalue weighted by Crippen LogP contribution is 2.42. The lowest BCUT2D eigenvalue weighted by atomic mass is 10.1. The lowest BCUT2D eigenvalue weighted by Crippen LogP contribution is -2.48. The molecule has 1 fully saturated rings. The second-order valence-corrected chi connectivity index (χ2v) is 9.99. The van der Waals surface area contributed by atoms with E-state index in [4.69, 9.17) is 0 Å². The molecule has 2 N–H and O–H groups in total. The fraction of sp³-hybridized carbons (Fsp3) is 0.391. The number of fused-ring (bicyclic) bond motifs is 1. The number of carbonyl (C=O) groups is 2. The van der Waals surface area contributed by atoms with Crippen LogP contribution in [0.1, 0.15) is 50.3 Å². The van der Waals surface area contributed by atoms with Gasteiger partial charge in [-0.1, -0.05) is 24.3 Å². The molecule has 4 rings (SSSR count). The largest absolute Gasteiger partial charge is 0.331 e. The van der Waals surface area contributed by atoms with Crippen molar-refractivity contribution in [2.24, 2.45) is 0 Å². The molecule has 8 heteroatoms. The van der Waals surface area contributed by atoms with Gasteiger partial charge in [-0.25, -0.2) is 8.42 Å². The van der Waals surface area contributed by atoms with E-state index < -0.39 is 16.1 Å². The number of carbonyl (C=O) groups excluding carboxylic acids is 2. The van der Waals surface area contributed by atoms with Crippen LogP contribution in [0.3, 0.4) is 0 Å². The molecule has 2 amide bonds. The number of aryl methyl sites for hydroxylation is 1. The Hall–Kier alpha value is -2.71. The number of hydrogen-bond donors (Lipinski definition) is 2. The van der Waals surface area contributed by atoms with Crippen molar-refractivity contribution in [2.75, 3.05) is 5.32 Å². The molecule has 0 radical (unpaired) electrons. The first-order valence-electron chi connectivity index (χ1n) is 10.6. The summed E-state index contributed by atoms with van der Waals surface area (Å²) in [5, 5.41) is 2.60. The van der Waals surface area contributed by atoms with E-state index in [0.717, 1.165) is 25.7 Å². The summed E-state index contributed by atoms with van der Waals surface area (Å²) in [4.78, 5) is 26.4. The Bertz CT molecular complexity index is 1090. The quantitative estimate of drug-likeness (QED) is 0.691. The van der Waals surface area contributed by atoms with Gasteiger partial charge in [-0.3, -0.25) is 9.59 Å². The van der Waals surface area contributed by atoms with Crippen molar-refractivity contribution in [1.82, 2.24) is 9.62 Å². The lowest BCUT2D eigenvalue weighted by Gasteiger charge is -2.32. The molecule has 0 bridgehead atoms. The van der Waals surface area contributed by atoms with Crippen molar-refractivity contribution in [1.29, 1.82) is 0 Å². The van der Waals surface area contributed by atoms with Gasteiger partial charge in [-0.15, -0.1) is 0 Å². The zero-order valence-corrected chi connectivity index (χ0v) is 18.5. The summed E-state index contributed by atoms with van der Waals surface area (Å²) in [6, 6.07) is 13.3. The standard InChI is InChI=1S/C23H27N3O4S/c1-15(25-31(29,30)20-12-8-18(9-13-20)24-16(2)27)23(28)26(19-10-11-19)22-14-7-17-5-3-4-6-21(17)22/h3-6,8-9,12-13,15,19,22,25H,7,10-11,14H2,1-2H3,(H,24,27)/t15-,22?/m0/s1. The van der Waals surface area contributed by atoms with Crippen LogP contribution < -0.4 is 10.0 Å². The second kappa shape index (κ2) is 8.43. The van der Waals surface area contributed by atoms with Crippen LogP contribution in [0.15, 0.2) is 53.4 Å². The van der Waals surface area contributed by atoms with Crippen LogP contribution >= 0.6 is 0 Å². The molecule has 31 heavy (non-hydrogen) atoms. The minimum atomic E-state index is -3.88. The van der Waals surface area contributed by atoms with E-state index >= 15 is 0 Å². The number of nitrogens with zero attached hydrogens (tertiary/aromatic N) is 1. The summed E-state index contributed by atoms with van der Waals surface area (Å²) < 4.78 is 28.2. The SMILES string of the molecule is CC(=O)Nc1ccc(S(=O)(=O)N[C@@H](C)C(=O)N(C2CC2)C2CCc3ccccc32)cc1. The Labute approximate surface area is 182 Å². The number of amides is 2. The van der Waals surface area contributed by atoms with Crippen molar-refractivity contribution in [2.45, 2.75) is 62.6 Å². The van der Waals surface area contributed by atoms with Crippen molar-refractivity contribution in [3.05, 3.63) is 59.7 Å². The molecule has 2 aromatic carbocycles. The third-order valence-electron chi connectivity index (χ3n) is 5.82. The van der Waals surface area contributed by atoms with Crippen LogP contribution in [-0.2, 0) is 26.0 Å². The molecule has 0 aliphatic heterocycles. The third kappa shape index (κ3) is 4.65. The maximum absolute atomic E-state index is 13.4. The van der Waals surface area contributed by atoms with E-state index in [1.54, 1.807) is 6.92 Å². The van der Waals surface area contributed by atoms with Crippen LogP contribution in [0.5, 0.6) is 0 Å². The minimum absolute atomic E-state index is 0.0000859. The molecule has 7 nitrogen and oxygen atoms in total. The van der Waals surface area contributed by atoms with Crippen molar-refractivity contribution in [3.63, 3.8) is 0 Å². The molecule has 2 atom stereocenters. The van der Waals surface area contributed by atoms with Gasteiger partial charge in [0.15, 0.2) is 0 Å². The summed E-state index contributed by atoms with van der Waals surface area (Å²) in [5.41, 5.74) is 2.94. The number of rotatable bonds is 7. The zero-order valence-electron chi connectivity index (χ0n) is 17.7. The summed E-state index contributed by atoms with van der Waals surface area (Å²) in [6.07, 6.45) is 3.70. The lowest BCUT2D eigenvalue weighted by molar-refractivity contribution is -0.135. The van der Waals surface area contributed by atoms with Gasteiger partial charge in [0.1, 0.15) is 0 Å². The topological polar surface area (TPSA) is 95.6 Å². The van der Waals surface area contributed by atoms with E-state index in [1.165, 1.54) is 42.3 Å². The predicted octanol–water partition coefficient (Wildman–Crippen LogP) is 2.99. The molecule has 1 unspecified atom stereocenters. The van der Waals surface area contributed by atoms with Gasteiger partial charge in [0.05, 0.1) is 17.0 Å². The normalized spacial score (nSPS) is 18.8. The van der Waals surface area contributed by atoms with E-state index in [-0.39, 0.29) is 28.8 Å². The Kier molecular flexibility index (Phi) is 5.85. The van der Waals surface area contributed by atoms with Gasteiger partial charge in [0.25, 0.3) is 0 Å².